The summed E-state index contributed by atoms with van der Waals surface area (Å²) >= 11 is 1.45. The van der Waals surface area contributed by atoms with Crippen LogP contribution in [-0.4, -0.2) is 37.5 Å². The number of nitrogens with zero attached hydrogens (tertiary/aromatic N) is 6. The molecule has 4 aromatic rings. The van der Waals surface area contributed by atoms with Gasteiger partial charge in [0, 0.05) is 5.56 Å². The number of aromatic nitrogens is 6. The summed E-state index contributed by atoms with van der Waals surface area (Å²) in [5, 5.41) is 16.8. The first kappa shape index (κ1) is 18.2. The number of methoxy groups -OCH3 is 1. The number of benzene rings is 2. The molecule has 0 fully saturated rings. The molecule has 8 nitrogen and oxygen atoms in total. The smallest absolute Gasteiger partial charge is 0.257 e. The molecule has 0 amide bonds. The average molecular weight is 394 g/mol. The SMILES string of the molecule is COc1ccc(-c2nc(CSc3nnnn3-c3cccc(C)c3C)no2)cc1. The van der Waals surface area contributed by atoms with E-state index >= 15 is 0 Å². The first-order valence-corrected chi connectivity index (χ1v) is 9.59. The molecular weight excluding hydrogens is 376 g/mol. The van der Waals surface area contributed by atoms with E-state index in [0.29, 0.717) is 22.6 Å². The van der Waals surface area contributed by atoms with Crippen LogP contribution < -0.4 is 4.74 Å². The summed E-state index contributed by atoms with van der Waals surface area (Å²) < 4.78 is 12.3. The van der Waals surface area contributed by atoms with Crippen LogP contribution in [0.5, 0.6) is 5.75 Å². The van der Waals surface area contributed by atoms with E-state index < -0.39 is 0 Å². The van der Waals surface area contributed by atoms with Crippen molar-refractivity contribution in [3.8, 4) is 22.9 Å². The second-order valence-corrected chi connectivity index (χ2v) is 7.07. The molecule has 0 saturated carbocycles. The van der Waals surface area contributed by atoms with Crippen molar-refractivity contribution in [3.63, 3.8) is 0 Å². The number of ether oxygens (including phenoxy) is 1. The maximum absolute atomic E-state index is 5.37. The van der Waals surface area contributed by atoms with E-state index in [0.717, 1.165) is 22.6 Å². The Morgan fingerprint density at radius 1 is 1.11 bits per heavy atom. The Morgan fingerprint density at radius 3 is 2.71 bits per heavy atom. The van der Waals surface area contributed by atoms with E-state index in [4.69, 9.17) is 9.26 Å². The average Bonchev–Trinajstić information content (AvgIpc) is 3.38. The Labute approximate surface area is 165 Å². The Morgan fingerprint density at radius 2 is 1.93 bits per heavy atom. The van der Waals surface area contributed by atoms with Gasteiger partial charge >= 0.3 is 0 Å². The minimum atomic E-state index is 0.465. The van der Waals surface area contributed by atoms with Gasteiger partial charge in [0.25, 0.3) is 5.89 Å². The standard InChI is InChI=1S/C19H18N6O2S/c1-12-5-4-6-16(13(12)2)25-19(21-23-24-25)28-11-17-20-18(27-22-17)14-7-9-15(26-3)10-8-14/h4-10H,11H2,1-3H3. The number of thioether (sulfide) groups is 1. The van der Waals surface area contributed by atoms with Crippen LogP contribution in [0, 0.1) is 13.8 Å². The third kappa shape index (κ3) is 3.61. The highest BCUT2D eigenvalue weighted by Gasteiger charge is 2.15. The van der Waals surface area contributed by atoms with Crippen molar-refractivity contribution in [1.29, 1.82) is 0 Å². The summed E-state index contributed by atoms with van der Waals surface area (Å²) in [7, 11) is 1.63. The lowest BCUT2D eigenvalue weighted by Crippen LogP contribution is -2.02. The molecule has 2 aromatic heterocycles. The van der Waals surface area contributed by atoms with Crippen LogP contribution >= 0.6 is 11.8 Å². The largest absolute Gasteiger partial charge is 0.497 e. The summed E-state index contributed by atoms with van der Waals surface area (Å²) in [4.78, 5) is 4.45. The lowest BCUT2D eigenvalue weighted by atomic mass is 10.1. The molecule has 0 aliphatic rings. The predicted octanol–water partition coefficient (Wildman–Crippen LogP) is 3.63. The van der Waals surface area contributed by atoms with Crippen molar-refractivity contribution in [2.24, 2.45) is 0 Å². The molecule has 0 bridgehead atoms. The highest BCUT2D eigenvalue weighted by atomic mass is 32.2. The van der Waals surface area contributed by atoms with Crippen molar-refractivity contribution >= 4 is 11.8 Å². The monoisotopic (exact) mass is 394 g/mol. The van der Waals surface area contributed by atoms with Crippen molar-refractivity contribution in [2.45, 2.75) is 24.8 Å². The number of hydrogen-bond donors (Lipinski definition) is 0. The third-order valence-electron chi connectivity index (χ3n) is 4.38. The lowest BCUT2D eigenvalue weighted by molar-refractivity contribution is 0.414. The fourth-order valence-electron chi connectivity index (χ4n) is 2.68. The van der Waals surface area contributed by atoms with Crippen LogP contribution in [0.1, 0.15) is 17.0 Å². The molecule has 9 heteroatoms. The summed E-state index contributed by atoms with van der Waals surface area (Å²) in [6.45, 7) is 4.12. The minimum absolute atomic E-state index is 0.465. The highest BCUT2D eigenvalue weighted by molar-refractivity contribution is 7.98. The van der Waals surface area contributed by atoms with E-state index in [-0.39, 0.29) is 0 Å². The van der Waals surface area contributed by atoms with Crippen LogP contribution in [0.2, 0.25) is 0 Å². The molecule has 2 aromatic carbocycles. The lowest BCUT2D eigenvalue weighted by Gasteiger charge is -2.08. The van der Waals surface area contributed by atoms with Gasteiger partial charge in [-0.05, 0) is 65.7 Å². The van der Waals surface area contributed by atoms with Gasteiger partial charge in [-0.1, -0.05) is 29.1 Å². The molecule has 4 rings (SSSR count). The van der Waals surface area contributed by atoms with E-state index in [9.17, 15) is 0 Å². The molecular formula is C19H18N6O2S. The van der Waals surface area contributed by atoms with E-state index in [1.54, 1.807) is 11.8 Å². The predicted molar refractivity (Wildman–Crippen MR) is 104 cm³/mol. The van der Waals surface area contributed by atoms with Gasteiger partial charge in [0.2, 0.25) is 5.16 Å². The van der Waals surface area contributed by atoms with Crippen molar-refractivity contribution in [1.82, 2.24) is 30.3 Å². The number of hydrogen-bond acceptors (Lipinski definition) is 8. The summed E-state index contributed by atoms with van der Waals surface area (Å²) in [5.74, 6) is 2.31. The highest BCUT2D eigenvalue weighted by Crippen LogP contribution is 2.26. The van der Waals surface area contributed by atoms with Crippen LogP contribution in [0.3, 0.4) is 0 Å². The maximum Gasteiger partial charge on any atom is 0.257 e. The van der Waals surface area contributed by atoms with Gasteiger partial charge < -0.3 is 9.26 Å². The number of tetrazole rings is 1. The van der Waals surface area contributed by atoms with E-state index in [2.05, 4.69) is 45.6 Å². The van der Waals surface area contributed by atoms with Gasteiger partial charge in [-0.3, -0.25) is 0 Å². The van der Waals surface area contributed by atoms with Gasteiger partial charge in [0.15, 0.2) is 5.82 Å². The van der Waals surface area contributed by atoms with Gasteiger partial charge in [0.05, 0.1) is 18.6 Å². The topological polar surface area (TPSA) is 91.8 Å². The third-order valence-corrected chi connectivity index (χ3v) is 5.30. The second-order valence-electron chi connectivity index (χ2n) is 6.13. The zero-order valence-electron chi connectivity index (χ0n) is 15.7. The first-order valence-electron chi connectivity index (χ1n) is 8.60. The fraction of sp³-hybridized carbons (Fsp3) is 0.211. The van der Waals surface area contributed by atoms with Gasteiger partial charge in [0.1, 0.15) is 5.75 Å². The molecule has 0 N–H and O–H groups in total. The fourth-order valence-corrected chi connectivity index (χ4v) is 3.40. The first-order chi connectivity index (χ1) is 13.7. The quantitative estimate of drug-likeness (QED) is 0.458. The second kappa shape index (κ2) is 7.81. The molecule has 28 heavy (non-hydrogen) atoms. The molecule has 0 unspecified atom stereocenters. The van der Waals surface area contributed by atoms with E-state index in [1.807, 2.05) is 36.4 Å². The normalized spacial score (nSPS) is 11.0. The summed E-state index contributed by atoms with van der Waals surface area (Å²) in [6.07, 6.45) is 0. The van der Waals surface area contributed by atoms with Crippen LogP contribution in [-0.2, 0) is 5.75 Å². The number of rotatable bonds is 6. The molecule has 0 aliphatic heterocycles. The molecule has 142 valence electrons. The summed E-state index contributed by atoms with van der Waals surface area (Å²) in [6, 6.07) is 13.5. The summed E-state index contributed by atoms with van der Waals surface area (Å²) in [5.41, 5.74) is 4.12. The van der Waals surface area contributed by atoms with Gasteiger partial charge in [-0.2, -0.15) is 9.67 Å². The Kier molecular flexibility index (Phi) is 5.07. The molecule has 0 atom stereocenters. The van der Waals surface area contributed by atoms with Crippen molar-refractivity contribution < 1.29 is 9.26 Å². The molecule has 2 heterocycles. The van der Waals surface area contributed by atoms with Gasteiger partial charge in [-0.25, -0.2) is 0 Å². The van der Waals surface area contributed by atoms with Crippen LogP contribution in [0.4, 0.5) is 0 Å². The Bertz CT molecular complexity index is 1090. The van der Waals surface area contributed by atoms with Gasteiger partial charge in [-0.15, -0.1) is 5.10 Å². The zero-order chi connectivity index (χ0) is 19.5. The van der Waals surface area contributed by atoms with E-state index in [1.165, 1.54) is 17.3 Å². The molecule has 0 aliphatic carbocycles. The van der Waals surface area contributed by atoms with Crippen LogP contribution in [0.15, 0.2) is 52.1 Å². The minimum Gasteiger partial charge on any atom is -0.497 e. The Hall–Kier alpha value is -3.20. The number of aryl methyl sites for hydroxylation is 1. The molecule has 0 saturated heterocycles. The van der Waals surface area contributed by atoms with Crippen molar-refractivity contribution in [3.05, 3.63) is 59.4 Å². The van der Waals surface area contributed by atoms with Crippen molar-refractivity contribution in [2.75, 3.05) is 7.11 Å². The van der Waals surface area contributed by atoms with Crippen LogP contribution in [0.25, 0.3) is 17.1 Å². The molecule has 0 radical (unpaired) electrons. The Balaban J connectivity index is 1.50. The zero-order valence-corrected chi connectivity index (χ0v) is 16.5. The maximum atomic E-state index is 5.37. The molecule has 0 spiro atoms.